The summed E-state index contributed by atoms with van der Waals surface area (Å²) >= 11 is 0. The highest BCUT2D eigenvalue weighted by Gasteiger charge is 2.29. The summed E-state index contributed by atoms with van der Waals surface area (Å²) in [7, 11) is 0. The van der Waals surface area contributed by atoms with E-state index in [-0.39, 0.29) is 5.91 Å². The van der Waals surface area contributed by atoms with Crippen molar-refractivity contribution in [2.45, 2.75) is 25.8 Å². The van der Waals surface area contributed by atoms with Crippen molar-refractivity contribution >= 4 is 11.6 Å². The molecule has 0 saturated carbocycles. The minimum atomic E-state index is -1.01. The number of hydrogen-bond donors (Lipinski definition) is 2. The summed E-state index contributed by atoms with van der Waals surface area (Å²) in [5.41, 5.74) is 7.24. The molecule has 4 heteroatoms. The zero-order valence-corrected chi connectivity index (χ0v) is 14.5. The predicted molar refractivity (Wildman–Crippen MR) is 99.9 cm³/mol. The van der Waals surface area contributed by atoms with Crippen LogP contribution in [0.2, 0.25) is 0 Å². The maximum absolute atomic E-state index is 12.4. The van der Waals surface area contributed by atoms with Crippen LogP contribution in [0.3, 0.4) is 0 Å². The van der Waals surface area contributed by atoms with Crippen molar-refractivity contribution < 1.29 is 4.79 Å². The number of nitrogens with zero attached hydrogens (tertiary/aromatic N) is 1. The third kappa shape index (κ3) is 4.59. The molecule has 0 radical (unpaired) electrons. The molecule has 0 heterocycles. The topological polar surface area (TPSA) is 58.4 Å². The van der Waals surface area contributed by atoms with E-state index in [4.69, 9.17) is 5.73 Å². The Bertz CT molecular complexity index is 626. The first kappa shape index (κ1) is 18.0. The number of rotatable bonds is 8. The van der Waals surface area contributed by atoms with Crippen LogP contribution < -0.4 is 16.0 Å². The molecule has 1 amide bonds. The Labute approximate surface area is 144 Å². The van der Waals surface area contributed by atoms with Gasteiger partial charge in [-0.25, -0.2) is 0 Å². The second-order valence-corrected chi connectivity index (χ2v) is 6.09. The number of carbonyl (C=O) groups is 1. The maximum Gasteiger partial charge on any atom is 0.244 e. The third-order valence-corrected chi connectivity index (χ3v) is 4.24. The van der Waals surface area contributed by atoms with E-state index in [1.807, 2.05) is 48.5 Å². The summed E-state index contributed by atoms with van der Waals surface area (Å²) < 4.78 is 0. The van der Waals surface area contributed by atoms with Crippen LogP contribution in [-0.4, -0.2) is 25.5 Å². The molecule has 2 rings (SSSR count). The molecule has 2 aromatic carbocycles. The average Bonchev–Trinajstić information content (AvgIpc) is 2.63. The van der Waals surface area contributed by atoms with E-state index < -0.39 is 5.54 Å². The SMILES string of the molecule is CCN(CCCNC(=O)C(C)(N)c1ccccc1)c1ccccc1. The van der Waals surface area contributed by atoms with Gasteiger partial charge in [-0.05, 0) is 38.0 Å². The molecule has 0 aliphatic carbocycles. The van der Waals surface area contributed by atoms with Gasteiger partial charge in [-0.1, -0.05) is 48.5 Å². The lowest BCUT2D eigenvalue weighted by Crippen LogP contribution is -2.49. The molecule has 3 N–H and O–H groups in total. The van der Waals surface area contributed by atoms with Crippen molar-refractivity contribution in [2.24, 2.45) is 5.73 Å². The summed E-state index contributed by atoms with van der Waals surface area (Å²) in [4.78, 5) is 14.7. The summed E-state index contributed by atoms with van der Waals surface area (Å²) in [5.74, 6) is -0.142. The fourth-order valence-corrected chi connectivity index (χ4v) is 2.68. The predicted octanol–water partition coefficient (Wildman–Crippen LogP) is 2.89. The number of nitrogens with one attached hydrogen (secondary N) is 1. The quantitative estimate of drug-likeness (QED) is 0.734. The average molecular weight is 325 g/mol. The van der Waals surface area contributed by atoms with Crippen molar-refractivity contribution in [3.63, 3.8) is 0 Å². The van der Waals surface area contributed by atoms with Gasteiger partial charge in [0.2, 0.25) is 5.91 Å². The highest BCUT2D eigenvalue weighted by Crippen LogP contribution is 2.17. The van der Waals surface area contributed by atoms with E-state index in [0.29, 0.717) is 6.54 Å². The molecule has 0 fully saturated rings. The minimum absolute atomic E-state index is 0.142. The van der Waals surface area contributed by atoms with Crippen LogP contribution in [0.5, 0.6) is 0 Å². The van der Waals surface area contributed by atoms with Crippen LogP contribution in [-0.2, 0) is 10.3 Å². The van der Waals surface area contributed by atoms with Crippen LogP contribution in [0, 0.1) is 0 Å². The second-order valence-electron chi connectivity index (χ2n) is 6.09. The minimum Gasteiger partial charge on any atom is -0.372 e. The van der Waals surface area contributed by atoms with Crippen molar-refractivity contribution in [1.82, 2.24) is 5.32 Å². The van der Waals surface area contributed by atoms with Crippen LogP contribution in [0.1, 0.15) is 25.8 Å². The second kappa shape index (κ2) is 8.50. The number of carbonyl (C=O) groups excluding carboxylic acids is 1. The van der Waals surface area contributed by atoms with Gasteiger partial charge in [0.25, 0.3) is 0 Å². The number of nitrogens with two attached hydrogens (primary N) is 1. The summed E-state index contributed by atoms with van der Waals surface area (Å²) in [6.07, 6.45) is 0.874. The Hall–Kier alpha value is -2.33. The molecule has 24 heavy (non-hydrogen) atoms. The van der Waals surface area contributed by atoms with Gasteiger partial charge in [0.05, 0.1) is 0 Å². The van der Waals surface area contributed by atoms with Crippen molar-refractivity contribution in [2.75, 3.05) is 24.5 Å². The largest absolute Gasteiger partial charge is 0.372 e. The lowest BCUT2D eigenvalue weighted by atomic mass is 9.92. The van der Waals surface area contributed by atoms with E-state index >= 15 is 0 Å². The first-order valence-electron chi connectivity index (χ1n) is 8.48. The van der Waals surface area contributed by atoms with E-state index in [0.717, 1.165) is 25.1 Å². The maximum atomic E-state index is 12.4. The Kier molecular flexibility index (Phi) is 6.38. The smallest absolute Gasteiger partial charge is 0.244 e. The third-order valence-electron chi connectivity index (χ3n) is 4.24. The molecular formula is C20H27N3O. The first-order valence-corrected chi connectivity index (χ1v) is 8.48. The molecule has 1 unspecified atom stereocenters. The number of benzene rings is 2. The summed E-state index contributed by atoms with van der Waals surface area (Å²) in [5, 5.41) is 2.96. The molecule has 2 aromatic rings. The molecule has 1 atom stereocenters. The molecule has 0 aromatic heterocycles. The fraction of sp³-hybridized carbons (Fsp3) is 0.350. The van der Waals surface area contributed by atoms with Crippen molar-refractivity contribution in [1.29, 1.82) is 0 Å². The lowest BCUT2D eigenvalue weighted by molar-refractivity contribution is -0.126. The van der Waals surface area contributed by atoms with Gasteiger partial charge in [0, 0.05) is 25.3 Å². The van der Waals surface area contributed by atoms with Crippen LogP contribution >= 0.6 is 0 Å². The van der Waals surface area contributed by atoms with Crippen LogP contribution in [0.4, 0.5) is 5.69 Å². The van der Waals surface area contributed by atoms with E-state index in [2.05, 4.69) is 29.3 Å². The molecule has 4 nitrogen and oxygen atoms in total. The molecule has 0 spiro atoms. The Morgan fingerprint density at radius 3 is 2.25 bits per heavy atom. The molecule has 0 aliphatic heterocycles. The van der Waals surface area contributed by atoms with Gasteiger partial charge >= 0.3 is 0 Å². The highest BCUT2D eigenvalue weighted by molar-refractivity contribution is 5.86. The summed E-state index contributed by atoms with van der Waals surface area (Å²) in [6, 6.07) is 19.8. The Morgan fingerprint density at radius 1 is 1.08 bits per heavy atom. The molecule has 128 valence electrons. The summed E-state index contributed by atoms with van der Waals surface area (Å²) in [6.45, 7) is 6.34. The van der Waals surface area contributed by atoms with Gasteiger partial charge in [-0.3, -0.25) is 4.79 Å². The number of amides is 1. The zero-order chi connectivity index (χ0) is 17.4. The van der Waals surface area contributed by atoms with Crippen LogP contribution in [0.15, 0.2) is 60.7 Å². The molecule has 0 saturated heterocycles. The Morgan fingerprint density at radius 2 is 1.67 bits per heavy atom. The number of hydrogen-bond acceptors (Lipinski definition) is 3. The number of anilines is 1. The van der Waals surface area contributed by atoms with Crippen molar-refractivity contribution in [3.8, 4) is 0 Å². The highest BCUT2D eigenvalue weighted by atomic mass is 16.2. The normalized spacial score (nSPS) is 13.1. The van der Waals surface area contributed by atoms with E-state index in [9.17, 15) is 4.79 Å². The van der Waals surface area contributed by atoms with Gasteiger partial charge < -0.3 is 16.0 Å². The first-order chi connectivity index (χ1) is 11.6. The lowest BCUT2D eigenvalue weighted by Gasteiger charge is -2.25. The van der Waals surface area contributed by atoms with E-state index in [1.165, 1.54) is 5.69 Å². The van der Waals surface area contributed by atoms with Gasteiger partial charge in [0.15, 0.2) is 0 Å². The monoisotopic (exact) mass is 325 g/mol. The van der Waals surface area contributed by atoms with Gasteiger partial charge in [-0.15, -0.1) is 0 Å². The van der Waals surface area contributed by atoms with Crippen LogP contribution in [0.25, 0.3) is 0 Å². The number of para-hydroxylation sites is 1. The van der Waals surface area contributed by atoms with Gasteiger partial charge in [-0.2, -0.15) is 0 Å². The van der Waals surface area contributed by atoms with Crippen molar-refractivity contribution in [3.05, 3.63) is 66.2 Å². The molecule has 0 aliphatic rings. The molecular weight excluding hydrogens is 298 g/mol. The fourth-order valence-electron chi connectivity index (χ4n) is 2.68. The standard InChI is InChI=1S/C20H27N3O/c1-3-23(18-13-8-5-9-14-18)16-10-15-22-19(24)20(2,21)17-11-6-4-7-12-17/h4-9,11-14H,3,10,15-16,21H2,1-2H3,(H,22,24). The molecule has 0 bridgehead atoms. The van der Waals surface area contributed by atoms with E-state index in [1.54, 1.807) is 6.92 Å². The zero-order valence-electron chi connectivity index (χ0n) is 14.5. The van der Waals surface area contributed by atoms with Gasteiger partial charge in [0.1, 0.15) is 5.54 Å². The Balaban J connectivity index is 1.82.